The first-order valence-corrected chi connectivity index (χ1v) is 12.4. The van der Waals surface area contributed by atoms with E-state index in [0.29, 0.717) is 5.69 Å². The molecule has 3 aromatic heterocycles. The lowest BCUT2D eigenvalue weighted by molar-refractivity contribution is -0.115. The number of hydrogen-bond donors (Lipinski definition) is 1. The fourth-order valence-corrected chi connectivity index (χ4v) is 4.73. The van der Waals surface area contributed by atoms with Gasteiger partial charge in [0.25, 0.3) is 0 Å². The van der Waals surface area contributed by atoms with Crippen LogP contribution < -0.4 is 10.2 Å². The van der Waals surface area contributed by atoms with Crippen LogP contribution in [0.15, 0.2) is 54.9 Å². The molecule has 4 aromatic rings. The molecule has 4 heterocycles. The fourth-order valence-electron chi connectivity index (χ4n) is 4.73. The summed E-state index contributed by atoms with van der Waals surface area (Å²) in [6.07, 6.45) is 6.37. The van der Waals surface area contributed by atoms with Crippen molar-refractivity contribution < 1.29 is 4.79 Å². The summed E-state index contributed by atoms with van der Waals surface area (Å²) in [4.78, 5) is 25.0. The topological polar surface area (TPSA) is 62.5 Å². The molecule has 1 aliphatic heterocycles. The molecule has 35 heavy (non-hydrogen) atoms. The lowest BCUT2D eigenvalue weighted by Gasteiger charge is -2.31. The highest BCUT2D eigenvalue weighted by molar-refractivity contribution is 5.93. The van der Waals surface area contributed by atoms with Crippen LogP contribution in [-0.2, 0) is 11.2 Å². The van der Waals surface area contributed by atoms with Crippen molar-refractivity contribution in [2.75, 3.05) is 23.3 Å². The van der Waals surface area contributed by atoms with E-state index >= 15 is 0 Å². The maximum Gasteiger partial charge on any atom is 0.230 e. The molecule has 0 radical (unpaired) electrons. The Morgan fingerprint density at radius 1 is 1.03 bits per heavy atom. The summed E-state index contributed by atoms with van der Waals surface area (Å²) in [5, 5.41) is 3.03. The number of aromatic nitrogens is 3. The van der Waals surface area contributed by atoms with E-state index in [1.165, 1.54) is 24.0 Å². The summed E-state index contributed by atoms with van der Waals surface area (Å²) in [5.74, 6) is 1.67. The minimum absolute atomic E-state index is 0.0844. The fraction of sp³-hybridized carbons (Fsp3) is 0.345. The Kier molecular flexibility index (Phi) is 6.29. The molecule has 6 heteroatoms. The van der Waals surface area contributed by atoms with Gasteiger partial charge in [-0.2, -0.15) is 0 Å². The molecule has 1 amide bonds. The predicted octanol–water partition coefficient (Wildman–Crippen LogP) is 5.74. The van der Waals surface area contributed by atoms with Crippen molar-refractivity contribution in [2.45, 2.75) is 47.0 Å². The summed E-state index contributed by atoms with van der Waals surface area (Å²) in [7, 11) is 0. The van der Waals surface area contributed by atoms with Crippen LogP contribution in [0.4, 0.5) is 11.5 Å². The first-order chi connectivity index (χ1) is 16.9. The van der Waals surface area contributed by atoms with Crippen LogP contribution in [0.25, 0.3) is 16.9 Å². The van der Waals surface area contributed by atoms with Gasteiger partial charge < -0.3 is 14.6 Å². The van der Waals surface area contributed by atoms with Gasteiger partial charge in [0.15, 0.2) is 0 Å². The summed E-state index contributed by atoms with van der Waals surface area (Å²) in [5.41, 5.74) is 7.90. The van der Waals surface area contributed by atoms with Crippen LogP contribution in [0.1, 0.15) is 42.1 Å². The van der Waals surface area contributed by atoms with Crippen LogP contribution in [0, 0.1) is 26.7 Å². The van der Waals surface area contributed by atoms with Crippen molar-refractivity contribution in [3.63, 3.8) is 0 Å². The zero-order valence-corrected chi connectivity index (χ0v) is 21.0. The number of fused-ring (bicyclic) bond motifs is 1. The number of nitrogens with one attached hydrogen (secondary N) is 1. The number of benzene rings is 1. The van der Waals surface area contributed by atoms with Crippen LogP contribution in [-0.4, -0.2) is 33.4 Å². The van der Waals surface area contributed by atoms with Crippen molar-refractivity contribution in [1.29, 1.82) is 0 Å². The average molecular weight is 468 g/mol. The van der Waals surface area contributed by atoms with Crippen molar-refractivity contribution in [1.82, 2.24) is 14.4 Å². The highest BCUT2D eigenvalue weighted by atomic mass is 16.1. The molecule has 1 aromatic carbocycles. The molecule has 0 atom stereocenters. The van der Waals surface area contributed by atoms with E-state index in [2.05, 4.69) is 67.2 Å². The predicted molar refractivity (Wildman–Crippen MR) is 142 cm³/mol. The highest BCUT2D eigenvalue weighted by Gasteiger charge is 2.19. The molecule has 1 fully saturated rings. The third kappa shape index (κ3) is 4.92. The number of piperidine rings is 1. The van der Waals surface area contributed by atoms with E-state index < -0.39 is 0 Å². The zero-order valence-electron chi connectivity index (χ0n) is 21.0. The quantitative estimate of drug-likeness (QED) is 0.407. The van der Waals surface area contributed by atoms with Gasteiger partial charge in [-0.25, -0.2) is 9.97 Å². The number of carbonyl (C=O) groups excluding carboxylic acids is 1. The van der Waals surface area contributed by atoms with Crippen molar-refractivity contribution in [3.8, 4) is 11.3 Å². The second-order valence-corrected chi connectivity index (χ2v) is 9.94. The molecule has 0 saturated carbocycles. The van der Waals surface area contributed by atoms with E-state index in [-0.39, 0.29) is 12.3 Å². The minimum Gasteiger partial charge on any atom is -0.357 e. The largest absolute Gasteiger partial charge is 0.357 e. The summed E-state index contributed by atoms with van der Waals surface area (Å²) in [6, 6.07) is 14.4. The molecule has 0 spiro atoms. The van der Waals surface area contributed by atoms with Gasteiger partial charge in [-0.05, 0) is 86.6 Å². The molecule has 0 bridgehead atoms. The van der Waals surface area contributed by atoms with Gasteiger partial charge in [0.1, 0.15) is 11.5 Å². The van der Waals surface area contributed by atoms with Crippen LogP contribution in [0.2, 0.25) is 0 Å². The third-order valence-corrected chi connectivity index (χ3v) is 7.13. The number of imidazole rings is 1. The number of carbonyl (C=O) groups is 1. The second-order valence-electron chi connectivity index (χ2n) is 9.94. The molecule has 180 valence electrons. The second kappa shape index (κ2) is 9.53. The van der Waals surface area contributed by atoms with Crippen LogP contribution in [0.3, 0.4) is 0 Å². The Bertz CT molecular complexity index is 1360. The van der Waals surface area contributed by atoms with Crippen molar-refractivity contribution >= 4 is 23.1 Å². The summed E-state index contributed by atoms with van der Waals surface area (Å²) in [6.45, 7) is 10.6. The SMILES string of the molecule is Cc1ccn2c(CC(=O)Nc3ccc(N4CCC(C)CC4)nc3)c(-c3ccc(C)c(C)c3)nc2c1. The Hall–Kier alpha value is -3.67. The molecule has 0 unspecified atom stereocenters. The smallest absolute Gasteiger partial charge is 0.230 e. The molecular weight excluding hydrogens is 434 g/mol. The first kappa shape index (κ1) is 23.1. The summed E-state index contributed by atoms with van der Waals surface area (Å²) >= 11 is 0. The number of aryl methyl sites for hydroxylation is 3. The van der Waals surface area contributed by atoms with Gasteiger partial charge in [-0.1, -0.05) is 19.1 Å². The van der Waals surface area contributed by atoms with Crippen molar-refractivity contribution in [2.24, 2.45) is 5.92 Å². The Morgan fingerprint density at radius 2 is 1.83 bits per heavy atom. The van der Waals surface area contributed by atoms with Crippen LogP contribution in [0.5, 0.6) is 0 Å². The number of rotatable bonds is 5. The van der Waals surface area contributed by atoms with Gasteiger partial charge >= 0.3 is 0 Å². The first-order valence-electron chi connectivity index (χ1n) is 12.4. The van der Waals surface area contributed by atoms with Gasteiger partial charge in [0, 0.05) is 24.8 Å². The molecular formula is C29H33N5O. The maximum atomic E-state index is 13.1. The lowest BCUT2D eigenvalue weighted by Crippen LogP contribution is -2.33. The Balaban J connectivity index is 1.38. The number of amides is 1. The number of pyridine rings is 2. The Morgan fingerprint density at radius 3 is 2.54 bits per heavy atom. The van der Waals surface area contributed by atoms with E-state index in [0.717, 1.165) is 53.0 Å². The molecule has 6 nitrogen and oxygen atoms in total. The number of hydrogen-bond acceptors (Lipinski definition) is 4. The van der Waals surface area contributed by atoms with Gasteiger partial charge in [0.2, 0.25) is 5.91 Å². The van der Waals surface area contributed by atoms with Gasteiger partial charge in [0.05, 0.1) is 29.7 Å². The minimum atomic E-state index is -0.0844. The molecule has 1 saturated heterocycles. The van der Waals surface area contributed by atoms with Crippen molar-refractivity contribution in [3.05, 3.63) is 77.2 Å². The van der Waals surface area contributed by atoms with Gasteiger partial charge in [-0.15, -0.1) is 0 Å². The van der Waals surface area contributed by atoms with E-state index in [4.69, 9.17) is 4.98 Å². The van der Waals surface area contributed by atoms with Gasteiger partial charge in [-0.3, -0.25) is 4.79 Å². The van der Waals surface area contributed by atoms with E-state index in [1.54, 1.807) is 6.20 Å². The van der Waals surface area contributed by atoms with E-state index in [1.807, 2.05) is 28.8 Å². The zero-order chi connectivity index (χ0) is 24.5. The summed E-state index contributed by atoms with van der Waals surface area (Å²) < 4.78 is 2.02. The molecule has 5 rings (SSSR count). The standard InChI is InChI=1S/C29H33N5O/c1-19-9-12-33(13-10-19)26-8-7-24(18-30-26)31-28(35)17-25-29(23-6-5-21(3)22(4)16-23)32-27-15-20(2)11-14-34(25)27/h5-8,11,14-16,18-19H,9-10,12-13,17H2,1-4H3,(H,31,35). The third-order valence-electron chi connectivity index (χ3n) is 7.13. The highest BCUT2D eigenvalue weighted by Crippen LogP contribution is 2.28. The van der Waals surface area contributed by atoms with Crippen LogP contribution >= 0.6 is 0 Å². The Labute approximate surface area is 207 Å². The molecule has 0 aliphatic carbocycles. The molecule has 1 N–H and O–H groups in total. The van der Waals surface area contributed by atoms with E-state index in [9.17, 15) is 4.79 Å². The lowest BCUT2D eigenvalue weighted by atomic mass is 9.99. The number of anilines is 2. The number of nitrogens with zero attached hydrogens (tertiary/aromatic N) is 4. The average Bonchev–Trinajstić information content (AvgIpc) is 3.19. The normalized spacial score (nSPS) is 14.5. The molecule has 1 aliphatic rings. The maximum absolute atomic E-state index is 13.1. The monoisotopic (exact) mass is 467 g/mol.